The maximum atomic E-state index is 12.7. The van der Waals surface area contributed by atoms with E-state index in [0.29, 0.717) is 26.2 Å². The van der Waals surface area contributed by atoms with Gasteiger partial charge in [-0.2, -0.15) is 13.2 Å². The molecule has 0 aliphatic carbocycles. The second kappa shape index (κ2) is 8.28. The number of pyridine rings is 1. The highest BCUT2D eigenvalue weighted by Gasteiger charge is 2.33. The van der Waals surface area contributed by atoms with Gasteiger partial charge in [0.2, 0.25) is 0 Å². The van der Waals surface area contributed by atoms with Crippen molar-refractivity contribution in [3.05, 3.63) is 44.7 Å². The number of thioether (sulfide) groups is 1. The number of rotatable bonds is 4. The van der Waals surface area contributed by atoms with Crippen molar-refractivity contribution >= 4 is 44.9 Å². The van der Waals surface area contributed by atoms with E-state index in [9.17, 15) is 18.0 Å². The van der Waals surface area contributed by atoms with Crippen LogP contribution in [0.4, 0.5) is 13.2 Å². The molecule has 0 bridgehead atoms. The normalized spacial score (nSPS) is 16.1. The van der Waals surface area contributed by atoms with Gasteiger partial charge in [0.15, 0.2) is 0 Å². The molecule has 2 aromatic rings. The van der Waals surface area contributed by atoms with Gasteiger partial charge in [0.05, 0.1) is 9.35 Å². The van der Waals surface area contributed by atoms with Crippen LogP contribution in [0.3, 0.4) is 0 Å². The van der Waals surface area contributed by atoms with Gasteiger partial charge in [0.25, 0.3) is 5.91 Å². The summed E-state index contributed by atoms with van der Waals surface area (Å²) in [6.45, 7) is 3.14. The van der Waals surface area contributed by atoms with E-state index < -0.39 is 11.4 Å². The largest absolute Gasteiger partial charge is 0.447 e. The van der Waals surface area contributed by atoms with Gasteiger partial charge in [-0.3, -0.25) is 9.69 Å². The Hall–Kier alpha value is -1.10. The Morgan fingerprint density at radius 3 is 2.58 bits per heavy atom. The van der Waals surface area contributed by atoms with E-state index in [4.69, 9.17) is 0 Å². The average molecular weight is 466 g/mol. The van der Waals surface area contributed by atoms with Crippen molar-refractivity contribution in [1.29, 1.82) is 0 Å². The summed E-state index contributed by atoms with van der Waals surface area (Å²) in [6, 6.07) is 6.95. The summed E-state index contributed by atoms with van der Waals surface area (Å²) in [5, 5.41) is -0.295. The third kappa shape index (κ3) is 5.21. The Balaban J connectivity index is 1.62. The number of carbonyl (C=O) groups excluding carboxylic acids is 1. The molecule has 0 radical (unpaired) electrons. The molecule has 10 heteroatoms. The van der Waals surface area contributed by atoms with Gasteiger partial charge in [0, 0.05) is 55.6 Å². The van der Waals surface area contributed by atoms with Gasteiger partial charge in [-0.05, 0) is 40.2 Å². The van der Waals surface area contributed by atoms with Crippen molar-refractivity contribution in [2.75, 3.05) is 26.2 Å². The number of piperazine rings is 1. The Morgan fingerprint density at radius 1 is 1.23 bits per heavy atom. The van der Waals surface area contributed by atoms with Crippen LogP contribution in [-0.4, -0.2) is 52.4 Å². The minimum absolute atomic E-state index is 0.00506. The number of amides is 1. The van der Waals surface area contributed by atoms with Crippen LogP contribution in [0.1, 0.15) is 15.2 Å². The Morgan fingerprint density at radius 2 is 1.96 bits per heavy atom. The van der Waals surface area contributed by atoms with E-state index >= 15 is 0 Å². The minimum Gasteiger partial charge on any atom is -0.336 e. The first kappa shape index (κ1) is 19.7. The van der Waals surface area contributed by atoms with Gasteiger partial charge in [-0.1, -0.05) is 0 Å². The predicted molar refractivity (Wildman–Crippen MR) is 99.3 cm³/mol. The topological polar surface area (TPSA) is 36.4 Å². The summed E-state index contributed by atoms with van der Waals surface area (Å²) in [5.74, 6) is -0.400. The number of halogens is 4. The quantitative estimate of drug-likeness (QED) is 0.623. The SMILES string of the molecule is O=C(c1cccnc1SC(F)(F)F)N1CCN(Cc2ccc(Br)s2)CC1. The van der Waals surface area contributed by atoms with E-state index in [0.717, 1.165) is 10.3 Å². The lowest BCUT2D eigenvalue weighted by Gasteiger charge is -2.34. The average Bonchev–Trinajstić information content (AvgIpc) is 2.99. The number of carbonyl (C=O) groups is 1. The van der Waals surface area contributed by atoms with Crippen LogP contribution in [0.2, 0.25) is 0 Å². The fourth-order valence-electron chi connectivity index (χ4n) is 2.68. The highest BCUT2D eigenvalue weighted by Crippen LogP contribution is 2.37. The van der Waals surface area contributed by atoms with Gasteiger partial charge in [-0.15, -0.1) is 11.3 Å². The number of thiophene rings is 1. The van der Waals surface area contributed by atoms with E-state index in [1.807, 2.05) is 6.07 Å². The Kier molecular flexibility index (Phi) is 6.26. The maximum absolute atomic E-state index is 12.7. The molecule has 0 aromatic carbocycles. The molecule has 0 N–H and O–H groups in total. The molecule has 1 saturated heterocycles. The van der Waals surface area contributed by atoms with Gasteiger partial charge >= 0.3 is 5.51 Å². The molecule has 3 heterocycles. The van der Waals surface area contributed by atoms with E-state index in [1.165, 1.54) is 23.2 Å². The van der Waals surface area contributed by atoms with Crippen molar-refractivity contribution in [3.63, 3.8) is 0 Å². The first-order valence-corrected chi connectivity index (χ1v) is 10.2. The van der Waals surface area contributed by atoms with Crippen molar-refractivity contribution in [2.45, 2.75) is 17.1 Å². The standard InChI is InChI=1S/C16H15BrF3N3OS2/c17-13-4-3-11(25-13)10-22-6-8-23(9-7-22)15(24)12-2-1-5-21-14(12)26-16(18,19)20/h1-5H,6-10H2. The summed E-state index contributed by atoms with van der Waals surface area (Å²) in [6.07, 6.45) is 1.27. The Labute approximate surface area is 165 Å². The molecule has 0 saturated carbocycles. The number of hydrogen-bond acceptors (Lipinski definition) is 5. The van der Waals surface area contributed by atoms with Crippen LogP contribution in [0.25, 0.3) is 0 Å². The van der Waals surface area contributed by atoms with Crippen LogP contribution >= 0.6 is 39.0 Å². The van der Waals surface area contributed by atoms with Crippen molar-refractivity contribution in [2.24, 2.45) is 0 Å². The summed E-state index contributed by atoms with van der Waals surface area (Å²) in [5.41, 5.74) is -4.47. The predicted octanol–water partition coefficient (Wildman–Crippen LogP) is 4.48. The van der Waals surface area contributed by atoms with Crippen LogP contribution in [0.5, 0.6) is 0 Å². The summed E-state index contributed by atoms with van der Waals surface area (Å²) < 4.78 is 39.1. The third-order valence-electron chi connectivity index (χ3n) is 3.88. The van der Waals surface area contributed by atoms with Crippen LogP contribution < -0.4 is 0 Å². The van der Waals surface area contributed by atoms with Gasteiger partial charge < -0.3 is 4.90 Å². The first-order chi connectivity index (χ1) is 12.3. The fourth-order valence-corrected chi connectivity index (χ4v) is 4.80. The molecule has 26 heavy (non-hydrogen) atoms. The van der Waals surface area contributed by atoms with Crippen molar-refractivity contribution in [1.82, 2.24) is 14.8 Å². The number of aromatic nitrogens is 1. The minimum atomic E-state index is -4.48. The van der Waals surface area contributed by atoms with Crippen LogP contribution in [0.15, 0.2) is 39.3 Å². The lowest BCUT2D eigenvalue weighted by atomic mass is 10.2. The molecular formula is C16H15BrF3N3OS2. The van der Waals surface area contributed by atoms with E-state index in [-0.39, 0.29) is 22.4 Å². The smallest absolute Gasteiger partial charge is 0.336 e. The van der Waals surface area contributed by atoms with Crippen molar-refractivity contribution < 1.29 is 18.0 Å². The molecule has 1 aliphatic heterocycles. The van der Waals surface area contributed by atoms with Crippen LogP contribution in [-0.2, 0) is 6.54 Å². The molecular weight excluding hydrogens is 451 g/mol. The number of nitrogens with zero attached hydrogens (tertiary/aromatic N) is 3. The molecule has 1 amide bonds. The lowest BCUT2D eigenvalue weighted by molar-refractivity contribution is -0.0329. The second-order valence-corrected chi connectivity index (χ2v) is 9.28. The zero-order valence-electron chi connectivity index (χ0n) is 13.5. The summed E-state index contributed by atoms with van der Waals surface area (Å²) in [7, 11) is 0. The number of alkyl halides is 3. The zero-order chi connectivity index (χ0) is 18.7. The summed E-state index contributed by atoms with van der Waals surface area (Å²) in [4.78, 5) is 21.5. The molecule has 1 fully saturated rings. The molecule has 3 rings (SSSR count). The molecule has 4 nitrogen and oxygen atoms in total. The summed E-state index contributed by atoms with van der Waals surface area (Å²) >= 11 is 4.76. The highest BCUT2D eigenvalue weighted by atomic mass is 79.9. The molecule has 140 valence electrons. The number of hydrogen-bond donors (Lipinski definition) is 0. The van der Waals surface area contributed by atoms with E-state index in [1.54, 1.807) is 16.2 Å². The fraction of sp³-hybridized carbons (Fsp3) is 0.375. The third-order valence-corrected chi connectivity index (χ3v) is 6.24. The molecule has 0 spiro atoms. The maximum Gasteiger partial charge on any atom is 0.447 e. The van der Waals surface area contributed by atoms with Gasteiger partial charge in [0.1, 0.15) is 5.03 Å². The zero-order valence-corrected chi connectivity index (χ0v) is 16.7. The lowest BCUT2D eigenvalue weighted by Crippen LogP contribution is -2.48. The first-order valence-electron chi connectivity index (χ1n) is 7.78. The molecule has 1 aliphatic rings. The second-order valence-electron chi connectivity index (χ2n) is 5.68. The Bertz CT molecular complexity index is 776. The monoisotopic (exact) mass is 465 g/mol. The van der Waals surface area contributed by atoms with Crippen LogP contribution in [0, 0.1) is 0 Å². The van der Waals surface area contributed by atoms with Gasteiger partial charge in [-0.25, -0.2) is 4.98 Å². The highest BCUT2D eigenvalue weighted by molar-refractivity contribution is 9.11. The molecule has 0 atom stereocenters. The van der Waals surface area contributed by atoms with Crippen molar-refractivity contribution in [3.8, 4) is 0 Å². The molecule has 0 unspecified atom stereocenters. The van der Waals surface area contributed by atoms with E-state index in [2.05, 4.69) is 31.9 Å². The molecule has 2 aromatic heterocycles.